The fourth-order valence-corrected chi connectivity index (χ4v) is 5.38. The number of hydrogen-bond donors (Lipinski definition) is 0. The molecule has 0 radical (unpaired) electrons. The molecule has 0 N–H and O–H groups in total. The van der Waals surface area contributed by atoms with Crippen molar-refractivity contribution in [1.29, 1.82) is 0 Å². The van der Waals surface area contributed by atoms with E-state index in [-0.39, 0.29) is 35.5 Å². The van der Waals surface area contributed by atoms with Crippen LogP contribution in [0.15, 0.2) is 65.7 Å². The molecule has 0 aromatic heterocycles. The summed E-state index contributed by atoms with van der Waals surface area (Å²) in [4.78, 5) is 32.6. The average Bonchev–Trinajstić information content (AvgIpc) is 3.36. The van der Waals surface area contributed by atoms with Crippen molar-refractivity contribution in [2.24, 2.45) is 28.7 Å². The van der Waals surface area contributed by atoms with Crippen molar-refractivity contribution in [2.75, 3.05) is 6.54 Å². The first-order valence-electron chi connectivity index (χ1n) is 10.2. The largest absolute Gasteiger partial charge is 0.289 e. The fourth-order valence-electron chi connectivity index (χ4n) is 5.38. The molecule has 3 fully saturated rings. The second-order valence-corrected chi connectivity index (χ2v) is 8.13. The number of imide groups is 1. The van der Waals surface area contributed by atoms with Gasteiger partial charge in [0.2, 0.25) is 11.8 Å². The molecule has 1 aliphatic heterocycles. The van der Waals surface area contributed by atoms with Gasteiger partial charge in [-0.15, -0.1) is 0 Å². The molecule has 2 amide bonds. The molecule has 0 spiro atoms. The van der Waals surface area contributed by atoms with Crippen LogP contribution in [0, 0.1) is 23.7 Å². The average molecular weight is 372 g/mol. The molecule has 4 nitrogen and oxygen atoms in total. The summed E-state index contributed by atoms with van der Waals surface area (Å²) in [6.45, 7) is 1.13. The van der Waals surface area contributed by atoms with Crippen molar-refractivity contribution in [2.45, 2.75) is 25.8 Å². The summed E-state index contributed by atoms with van der Waals surface area (Å²) in [6.07, 6.45) is 2.71. The van der Waals surface area contributed by atoms with E-state index >= 15 is 0 Å². The Kier molecular flexibility index (Phi) is 4.34. The number of carbonyl (C=O) groups is 2. The molecule has 4 atom stereocenters. The zero-order chi connectivity index (χ0) is 19.1. The van der Waals surface area contributed by atoms with Crippen molar-refractivity contribution < 1.29 is 9.59 Å². The maximum Gasteiger partial charge on any atom is 0.233 e. The standard InChI is InChI=1S/C24H24N2O2/c27-23-20-18-11-12-19(22(18)25-15-17-9-5-2-6-10-17)21(20)24(28)26(23)14-13-16-7-3-1-4-8-16/h1-10,18-21H,11-15H2/t18-,19+,20-,21+. The molecule has 142 valence electrons. The van der Waals surface area contributed by atoms with Crippen molar-refractivity contribution in [3.8, 4) is 0 Å². The topological polar surface area (TPSA) is 49.7 Å². The van der Waals surface area contributed by atoms with Crippen LogP contribution in [0.4, 0.5) is 0 Å². The van der Waals surface area contributed by atoms with Gasteiger partial charge < -0.3 is 0 Å². The van der Waals surface area contributed by atoms with Gasteiger partial charge in [0.1, 0.15) is 0 Å². The van der Waals surface area contributed by atoms with Gasteiger partial charge in [0, 0.05) is 24.1 Å². The minimum Gasteiger partial charge on any atom is -0.289 e. The molecule has 1 saturated heterocycles. The Morgan fingerprint density at radius 3 is 1.89 bits per heavy atom. The Balaban J connectivity index is 1.32. The number of rotatable bonds is 5. The van der Waals surface area contributed by atoms with Gasteiger partial charge in [-0.05, 0) is 30.4 Å². The second-order valence-electron chi connectivity index (χ2n) is 8.13. The lowest BCUT2D eigenvalue weighted by Crippen LogP contribution is -2.35. The number of fused-ring (bicyclic) bond motifs is 5. The number of amides is 2. The summed E-state index contributed by atoms with van der Waals surface area (Å²) < 4.78 is 0. The smallest absolute Gasteiger partial charge is 0.233 e. The summed E-state index contributed by atoms with van der Waals surface area (Å²) in [5.74, 6) is 0.0537. The summed E-state index contributed by atoms with van der Waals surface area (Å²) in [5, 5.41) is 0. The SMILES string of the molecule is O=C1[C@@H]2[C@H](C(=O)N1CCc1ccccc1)[C@H]1CC[C@@H]2C1=NCc1ccccc1. The lowest BCUT2D eigenvalue weighted by molar-refractivity contribution is -0.140. The predicted molar refractivity (Wildman–Crippen MR) is 108 cm³/mol. The number of nitrogens with zero attached hydrogens (tertiary/aromatic N) is 2. The fraction of sp³-hybridized carbons (Fsp3) is 0.375. The number of aliphatic imine (C=N–C) groups is 1. The van der Waals surface area contributed by atoms with Crippen LogP contribution in [0.5, 0.6) is 0 Å². The summed E-state index contributed by atoms with van der Waals surface area (Å²) in [7, 11) is 0. The molecule has 3 aliphatic rings. The van der Waals surface area contributed by atoms with Crippen LogP contribution in [0.3, 0.4) is 0 Å². The molecule has 2 aromatic rings. The Labute approximate surface area is 165 Å². The van der Waals surface area contributed by atoms with Gasteiger partial charge in [-0.1, -0.05) is 60.7 Å². The molecule has 5 rings (SSSR count). The van der Waals surface area contributed by atoms with Gasteiger partial charge in [-0.2, -0.15) is 0 Å². The summed E-state index contributed by atoms with van der Waals surface area (Å²) >= 11 is 0. The highest BCUT2D eigenvalue weighted by Crippen LogP contribution is 2.54. The van der Waals surface area contributed by atoms with Crippen molar-refractivity contribution in [3.63, 3.8) is 0 Å². The lowest BCUT2D eigenvalue weighted by atomic mass is 9.81. The molecular weight excluding hydrogens is 348 g/mol. The first-order valence-corrected chi connectivity index (χ1v) is 10.2. The van der Waals surface area contributed by atoms with E-state index in [2.05, 4.69) is 12.1 Å². The third kappa shape index (κ3) is 2.79. The predicted octanol–water partition coefficient (Wildman–Crippen LogP) is 3.51. The van der Waals surface area contributed by atoms with E-state index in [0.29, 0.717) is 13.1 Å². The Bertz CT molecular complexity index is 890. The number of carbonyl (C=O) groups excluding carboxylic acids is 2. The van der Waals surface area contributed by atoms with Crippen molar-refractivity contribution in [3.05, 3.63) is 71.8 Å². The Morgan fingerprint density at radius 2 is 1.32 bits per heavy atom. The van der Waals surface area contributed by atoms with Gasteiger partial charge in [0.05, 0.1) is 18.4 Å². The van der Waals surface area contributed by atoms with E-state index in [1.165, 1.54) is 10.5 Å². The number of likely N-dealkylation sites (tertiary alicyclic amines) is 1. The van der Waals surface area contributed by atoms with E-state index in [1.807, 2.05) is 48.5 Å². The van der Waals surface area contributed by atoms with Gasteiger partial charge in [-0.3, -0.25) is 19.5 Å². The maximum absolute atomic E-state index is 13.1. The highest BCUT2D eigenvalue weighted by Gasteiger charge is 2.63. The first-order chi connectivity index (χ1) is 13.7. The summed E-state index contributed by atoms with van der Waals surface area (Å²) in [6, 6.07) is 20.2. The van der Waals surface area contributed by atoms with E-state index in [4.69, 9.17) is 4.99 Å². The van der Waals surface area contributed by atoms with E-state index < -0.39 is 0 Å². The van der Waals surface area contributed by atoms with Crippen LogP contribution < -0.4 is 0 Å². The molecule has 4 heteroatoms. The zero-order valence-electron chi connectivity index (χ0n) is 15.8. The molecular formula is C24H24N2O2. The van der Waals surface area contributed by atoms with E-state index in [0.717, 1.165) is 30.5 Å². The van der Waals surface area contributed by atoms with Crippen molar-refractivity contribution >= 4 is 17.5 Å². The number of benzene rings is 2. The van der Waals surface area contributed by atoms with Gasteiger partial charge in [0.25, 0.3) is 0 Å². The third-order valence-corrected chi connectivity index (χ3v) is 6.66. The monoisotopic (exact) mass is 372 g/mol. The van der Waals surface area contributed by atoms with E-state index in [9.17, 15) is 9.59 Å². The second kappa shape index (κ2) is 7.01. The first kappa shape index (κ1) is 17.4. The summed E-state index contributed by atoms with van der Waals surface area (Å²) in [5.41, 5.74) is 3.46. The van der Waals surface area contributed by atoms with Crippen LogP contribution >= 0.6 is 0 Å². The molecule has 1 heterocycles. The van der Waals surface area contributed by atoms with Crippen LogP contribution in [0.1, 0.15) is 24.0 Å². The minimum absolute atomic E-state index is 0.0329. The molecule has 28 heavy (non-hydrogen) atoms. The van der Waals surface area contributed by atoms with Gasteiger partial charge >= 0.3 is 0 Å². The highest BCUT2D eigenvalue weighted by molar-refractivity contribution is 6.13. The zero-order valence-corrected chi connectivity index (χ0v) is 15.8. The Hall–Kier alpha value is -2.75. The normalized spacial score (nSPS) is 29.7. The molecule has 2 saturated carbocycles. The molecule has 2 aromatic carbocycles. The van der Waals surface area contributed by atoms with Crippen LogP contribution in [-0.2, 0) is 22.6 Å². The van der Waals surface area contributed by atoms with Gasteiger partial charge in [-0.25, -0.2) is 0 Å². The van der Waals surface area contributed by atoms with E-state index in [1.54, 1.807) is 0 Å². The molecule has 2 aliphatic carbocycles. The molecule has 0 unspecified atom stereocenters. The lowest BCUT2D eigenvalue weighted by Gasteiger charge is -2.18. The Morgan fingerprint density at radius 1 is 0.786 bits per heavy atom. The quantitative estimate of drug-likeness (QED) is 0.754. The van der Waals surface area contributed by atoms with Crippen LogP contribution in [0.2, 0.25) is 0 Å². The van der Waals surface area contributed by atoms with Gasteiger partial charge in [0.15, 0.2) is 0 Å². The van der Waals surface area contributed by atoms with Crippen LogP contribution in [-0.4, -0.2) is 29.0 Å². The maximum atomic E-state index is 13.1. The highest BCUT2D eigenvalue weighted by atomic mass is 16.2. The molecule has 2 bridgehead atoms. The number of hydrogen-bond acceptors (Lipinski definition) is 3. The minimum atomic E-state index is -0.170. The van der Waals surface area contributed by atoms with Crippen molar-refractivity contribution in [1.82, 2.24) is 4.90 Å². The van der Waals surface area contributed by atoms with Crippen LogP contribution in [0.25, 0.3) is 0 Å². The third-order valence-electron chi connectivity index (χ3n) is 6.66.